The molecule has 26 heavy (non-hydrogen) atoms. The third-order valence-corrected chi connectivity index (χ3v) is 3.50. The fraction of sp³-hybridized carbons (Fsp3) is 0.222. The van der Waals surface area contributed by atoms with E-state index in [4.69, 9.17) is 0 Å². The van der Waals surface area contributed by atoms with Gasteiger partial charge in [-0.3, -0.25) is 9.59 Å². The molecule has 2 aromatic rings. The van der Waals surface area contributed by atoms with Gasteiger partial charge in [-0.25, -0.2) is 0 Å². The molecule has 0 aromatic heterocycles. The van der Waals surface area contributed by atoms with E-state index >= 15 is 0 Å². The van der Waals surface area contributed by atoms with E-state index in [9.17, 15) is 22.8 Å². The normalized spacial score (nSPS) is 12.2. The number of carbonyl (C=O) groups excluding carboxylic acids is 2. The second-order valence-corrected chi connectivity index (χ2v) is 5.63. The molecule has 0 aliphatic carbocycles. The van der Waals surface area contributed by atoms with Crippen LogP contribution in [-0.2, 0) is 15.8 Å². The SMILES string of the molecule is CC(=O)NC(C)C(=O)Nc1ccccc1Nc1ccccc1C(F)(F)F. The number of carbonyl (C=O) groups is 2. The van der Waals surface area contributed by atoms with E-state index in [1.807, 2.05) is 0 Å². The molecule has 1 unspecified atom stereocenters. The molecule has 0 spiro atoms. The van der Waals surface area contributed by atoms with Gasteiger partial charge in [-0.2, -0.15) is 13.2 Å². The molecule has 2 aromatic carbocycles. The molecule has 0 bridgehead atoms. The average molecular weight is 365 g/mol. The van der Waals surface area contributed by atoms with Crippen molar-refractivity contribution in [1.82, 2.24) is 5.32 Å². The van der Waals surface area contributed by atoms with Gasteiger partial charge in [-0.1, -0.05) is 24.3 Å². The summed E-state index contributed by atoms with van der Waals surface area (Å²) >= 11 is 0. The molecule has 2 amide bonds. The van der Waals surface area contributed by atoms with Crippen LogP contribution in [0.15, 0.2) is 48.5 Å². The molecule has 0 heterocycles. The molecule has 2 rings (SSSR count). The van der Waals surface area contributed by atoms with Gasteiger partial charge in [-0.15, -0.1) is 0 Å². The van der Waals surface area contributed by atoms with E-state index < -0.39 is 23.7 Å². The quantitative estimate of drug-likeness (QED) is 0.752. The van der Waals surface area contributed by atoms with E-state index in [0.29, 0.717) is 11.4 Å². The molecule has 8 heteroatoms. The van der Waals surface area contributed by atoms with Crippen LogP contribution in [0.2, 0.25) is 0 Å². The van der Waals surface area contributed by atoms with E-state index in [1.165, 1.54) is 32.0 Å². The summed E-state index contributed by atoms with van der Waals surface area (Å²) in [4.78, 5) is 23.2. The number of amides is 2. The number of hydrogen-bond donors (Lipinski definition) is 3. The average Bonchev–Trinajstić information content (AvgIpc) is 2.55. The van der Waals surface area contributed by atoms with Gasteiger partial charge in [0.15, 0.2) is 0 Å². The standard InChI is InChI=1S/C18H18F3N3O2/c1-11(22-12(2)25)17(26)24-16-10-6-5-9-15(16)23-14-8-4-3-7-13(14)18(19,20)21/h3-11,23H,1-2H3,(H,22,25)(H,24,26). The molecule has 3 N–H and O–H groups in total. The number of rotatable bonds is 5. The van der Waals surface area contributed by atoms with Gasteiger partial charge in [0.25, 0.3) is 0 Å². The lowest BCUT2D eigenvalue weighted by molar-refractivity contribution is -0.137. The first-order valence-corrected chi connectivity index (χ1v) is 7.78. The lowest BCUT2D eigenvalue weighted by Crippen LogP contribution is -2.40. The maximum absolute atomic E-state index is 13.1. The lowest BCUT2D eigenvalue weighted by atomic mass is 10.1. The van der Waals surface area contributed by atoms with Gasteiger partial charge in [0.2, 0.25) is 11.8 Å². The number of anilines is 3. The minimum atomic E-state index is -4.51. The van der Waals surface area contributed by atoms with Crippen molar-refractivity contribution in [1.29, 1.82) is 0 Å². The summed E-state index contributed by atoms with van der Waals surface area (Å²) < 4.78 is 39.4. The summed E-state index contributed by atoms with van der Waals surface area (Å²) in [6, 6.07) is 10.6. The Balaban J connectivity index is 2.26. The number of para-hydroxylation sites is 3. The first-order valence-electron chi connectivity index (χ1n) is 7.78. The maximum Gasteiger partial charge on any atom is 0.418 e. The van der Waals surface area contributed by atoms with Crippen molar-refractivity contribution < 1.29 is 22.8 Å². The van der Waals surface area contributed by atoms with Crippen LogP contribution in [0.25, 0.3) is 0 Å². The van der Waals surface area contributed by atoms with Crippen LogP contribution < -0.4 is 16.0 Å². The van der Waals surface area contributed by atoms with Gasteiger partial charge < -0.3 is 16.0 Å². The smallest absolute Gasteiger partial charge is 0.353 e. The van der Waals surface area contributed by atoms with Crippen LogP contribution >= 0.6 is 0 Å². The Morgan fingerprint density at radius 2 is 1.46 bits per heavy atom. The van der Waals surface area contributed by atoms with E-state index in [0.717, 1.165) is 6.07 Å². The molecule has 0 aliphatic heterocycles. The molecule has 0 aliphatic rings. The fourth-order valence-corrected chi connectivity index (χ4v) is 2.30. The molecular weight excluding hydrogens is 347 g/mol. The fourth-order valence-electron chi connectivity index (χ4n) is 2.30. The van der Waals surface area contributed by atoms with Crippen molar-refractivity contribution in [2.75, 3.05) is 10.6 Å². The Morgan fingerprint density at radius 3 is 2.04 bits per heavy atom. The number of benzene rings is 2. The molecule has 0 radical (unpaired) electrons. The summed E-state index contributed by atoms with van der Waals surface area (Å²) in [5.74, 6) is -0.850. The molecule has 0 saturated carbocycles. The highest BCUT2D eigenvalue weighted by Gasteiger charge is 2.33. The van der Waals surface area contributed by atoms with Crippen LogP contribution in [0.5, 0.6) is 0 Å². The van der Waals surface area contributed by atoms with Crippen molar-refractivity contribution in [3.05, 3.63) is 54.1 Å². The number of alkyl halides is 3. The van der Waals surface area contributed by atoms with Crippen LogP contribution in [0, 0.1) is 0 Å². The van der Waals surface area contributed by atoms with E-state index in [2.05, 4.69) is 16.0 Å². The van der Waals surface area contributed by atoms with Crippen molar-refractivity contribution >= 4 is 28.9 Å². The Bertz CT molecular complexity index is 806. The molecule has 138 valence electrons. The van der Waals surface area contributed by atoms with Crippen molar-refractivity contribution in [3.63, 3.8) is 0 Å². The van der Waals surface area contributed by atoms with Crippen molar-refractivity contribution in [2.45, 2.75) is 26.1 Å². The summed E-state index contributed by atoms with van der Waals surface area (Å²) in [6.07, 6.45) is -4.51. The van der Waals surface area contributed by atoms with E-state index in [1.54, 1.807) is 24.3 Å². The van der Waals surface area contributed by atoms with Gasteiger partial charge in [0, 0.05) is 6.92 Å². The predicted octanol–water partition coefficient (Wildman–Crippen LogP) is 3.91. The highest BCUT2D eigenvalue weighted by atomic mass is 19.4. The third-order valence-electron chi connectivity index (χ3n) is 3.50. The topological polar surface area (TPSA) is 70.2 Å². The molecule has 0 saturated heterocycles. The van der Waals surface area contributed by atoms with Crippen molar-refractivity contribution in [2.24, 2.45) is 0 Å². The zero-order valence-corrected chi connectivity index (χ0v) is 14.1. The van der Waals surface area contributed by atoms with Gasteiger partial charge in [0.05, 0.1) is 22.6 Å². The minimum absolute atomic E-state index is 0.128. The number of halogens is 3. The summed E-state index contributed by atoms with van der Waals surface area (Å²) in [6.45, 7) is 2.79. The molecule has 1 atom stereocenters. The largest absolute Gasteiger partial charge is 0.418 e. The summed E-state index contributed by atoms with van der Waals surface area (Å²) in [5.41, 5.74) is -0.344. The van der Waals surface area contributed by atoms with Crippen LogP contribution in [-0.4, -0.2) is 17.9 Å². The summed E-state index contributed by atoms with van der Waals surface area (Å²) in [5, 5.41) is 7.75. The minimum Gasteiger partial charge on any atom is -0.353 e. The molecular formula is C18H18F3N3O2. The second kappa shape index (κ2) is 7.90. The highest BCUT2D eigenvalue weighted by Crippen LogP contribution is 2.37. The van der Waals surface area contributed by atoms with Crippen LogP contribution in [0.4, 0.5) is 30.2 Å². The van der Waals surface area contributed by atoms with Crippen molar-refractivity contribution in [3.8, 4) is 0 Å². The van der Waals surface area contributed by atoms with Crippen LogP contribution in [0.3, 0.4) is 0 Å². The zero-order valence-electron chi connectivity index (χ0n) is 14.1. The third kappa shape index (κ3) is 4.98. The number of hydrogen-bond acceptors (Lipinski definition) is 3. The first kappa shape index (κ1) is 19.3. The maximum atomic E-state index is 13.1. The number of nitrogens with one attached hydrogen (secondary N) is 3. The predicted molar refractivity (Wildman–Crippen MR) is 93.1 cm³/mol. The summed E-state index contributed by atoms with van der Waals surface area (Å²) in [7, 11) is 0. The first-order chi connectivity index (χ1) is 12.2. The molecule has 0 fully saturated rings. The lowest BCUT2D eigenvalue weighted by Gasteiger charge is -2.18. The van der Waals surface area contributed by atoms with Crippen LogP contribution in [0.1, 0.15) is 19.4 Å². The van der Waals surface area contributed by atoms with Gasteiger partial charge >= 0.3 is 6.18 Å². The molecule has 5 nitrogen and oxygen atoms in total. The second-order valence-electron chi connectivity index (χ2n) is 5.63. The highest BCUT2D eigenvalue weighted by molar-refractivity contribution is 5.99. The van der Waals surface area contributed by atoms with E-state index in [-0.39, 0.29) is 11.6 Å². The Morgan fingerprint density at radius 1 is 0.923 bits per heavy atom. The Labute approximate surface area is 148 Å². The Kier molecular flexibility index (Phi) is 5.86. The monoisotopic (exact) mass is 365 g/mol. The van der Waals surface area contributed by atoms with Gasteiger partial charge in [-0.05, 0) is 31.2 Å². The zero-order chi connectivity index (χ0) is 19.3. The van der Waals surface area contributed by atoms with Gasteiger partial charge in [0.1, 0.15) is 6.04 Å². The Hall–Kier alpha value is -3.03.